The highest BCUT2D eigenvalue weighted by Crippen LogP contribution is 2.38. The van der Waals surface area contributed by atoms with E-state index in [4.69, 9.17) is 10.5 Å². The maximum atomic E-state index is 12.1. The van der Waals surface area contributed by atoms with Crippen molar-refractivity contribution >= 4 is 11.8 Å². The molecule has 2 rings (SSSR count). The van der Waals surface area contributed by atoms with Crippen molar-refractivity contribution in [2.24, 2.45) is 0 Å². The minimum Gasteiger partial charge on any atom is -0.479 e. The number of benzene rings is 1. The van der Waals surface area contributed by atoms with Crippen molar-refractivity contribution in [3.8, 4) is 11.1 Å². The molecule has 0 aliphatic heterocycles. The number of carboxylic acids is 1. The number of rotatable bonds is 4. The Bertz CT molecular complexity index is 851. The number of aliphatic carboxylic acids is 1. The summed E-state index contributed by atoms with van der Waals surface area (Å²) in [6.45, 7) is 13.2. The second-order valence-corrected chi connectivity index (χ2v) is 7.74. The molecule has 1 heterocycles. The van der Waals surface area contributed by atoms with Crippen LogP contribution in [-0.2, 0) is 9.53 Å². The van der Waals surface area contributed by atoms with Crippen LogP contribution in [0.15, 0.2) is 18.2 Å². The summed E-state index contributed by atoms with van der Waals surface area (Å²) in [5, 5.41) is 9.88. The van der Waals surface area contributed by atoms with E-state index in [1.165, 1.54) is 5.56 Å². The molecule has 0 saturated heterocycles. The normalized spacial score (nSPS) is 12.9. The van der Waals surface area contributed by atoms with Crippen molar-refractivity contribution in [3.05, 3.63) is 46.1 Å². The van der Waals surface area contributed by atoms with Gasteiger partial charge in [0.1, 0.15) is 5.82 Å². The highest BCUT2D eigenvalue weighted by Gasteiger charge is 2.32. The number of aromatic nitrogens is 1. The fraction of sp³-hybridized carbons (Fsp3) is 0.429. The Morgan fingerprint density at radius 3 is 2.27 bits per heavy atom. The SMILES string of the molecule is Cc1ccc(-c2c(C)nc(N)c(C)c2C(OC(C)(C)C)C(=O)O)cc1C. The number of hydrogen-bond donors (Lipinski definition) is 2. The maximum Gasteiger partial charge on any atom is 0.337 e. The Balaban J connectivity index is 2.82. The molecule has 0 bridgehead atoms. The lowest BCUT2D eigenvalue weighted by atomic mass is 9.90. The average Bonchev–Trinajstić information content (AvgIpc) is 2.50. The Hall–Kier alpha value is -2.40. The minimum absolute atomic E-state index is 0.328. The predicted molar refractivity (Wildman–Crippen MR) is 104 cm³/mol. The number of nitrogen functional groups attached to an aromatic ring is 1. The molecule has 1 atom stereocenters. The molecule has 1 aromatic carbocycles. The van der Waals surface area contributed by atoms with Crippen molar-refractivity contribution in [3.63, 3.8) is 0 Å². The van der Waals surface area contributed by atoms with Crippen LogP contribution in [0.1, 0.15) is 54.8 Å². The first-order valence-corrected chi connectivity index (χ1v) is 8.67. The van der Waals surface area contributed by atoms with Gasteiger partial charge in [0, 0.05) is 16.8 Å². The van der Waals surface area contributed by atoms with E-state index in [1.54, 1.807) is 6.92 Å². The molecule has 0 amide bonds. The summed E-state index contributed by atoms with van der Waals surface area (Å²) < 4.78 is 5.91. The number of carboxylic acid groups (broad SMARTS) is 1. The van der Waals surface area contributed by atoms with Crippen LogP contribution in [0, 0.1) is 27.7 Å². The van der Waals surface area contributed by atoms with E-state index in [2.05, 4.69) is 11.1 Å². The first kappa shape index (κ1) is 19.9. The zero-order valence-electron chi connectivity index (χ0n) is 16.6. The molecule has 3 N–H and O–H groups in total. The van der Waals surface area contributed by atoms with Gasteiger partial charge in [-0.2, -0.15) is 0 Å². The Morgan fingerprint density at radius 1 is 1.15 bits per heavy atom. The van der Waals surface area contributed by atoms with Gasteiger partial charge in [0.25, 0.3) is 0 Å². The fourth-order valence-corrected chi connectivity index (χ4v) is 3.02. The standard InChI is InChI=1S/C21H28N2O3/c1-11-8-9-15(10-12(11)2)17-14(4)23-19(22)13(3)16(17)18(20(24)25)26-21(5,6)7/h8-10,18H,1-7H3,(H2,22,23)(H,24,25). The summed E-state index contributed by atoms with van der Waals surface area (Å²) in [5.41, 5.74) is 11.3. The second-order valence-electron chi connectivity index (χ2n) is 7.74. The molecule has 2 aromatic rings. The molecule has 140 valence electrons. The molecule has 0 aliphatic carbocycles. The number of anilines is 1. The van der Waals surface area contributed by atoms with E-state index < -0.39 is 17.7 Å². The van der Waals surface area contributed by atoms with Gasteiger partial charge in [-0.1, -0.05) is 18.2 Å². The smallest absolute Gasteiger partial charge is 0.337 e. The van der Waals surface area contributed by atoms with Crippen LogP contribution in [0.25, 0.3) is 11.1 Å². The van der Waals surface area contributed by atoms with E-state index in [-0.39, 0.29) is 0 Å². The number of hydrogen-bond acceptors (Lipinski definition) is 4. The number of nitrogens with zero attached hydrogens (tertiary/aromatic N) is 1. The highest BCUT2D eigenvalue weighted by molar-refractivity contribution is 5.83. The third-order valence-electron chi connectivity index (χ3n) is 4.46. The van der Waals surface area contributed by atoms with E-state index in [9.17, 15) is 9.90 Å². The summed E-state index contributed by atoms with van der Waals surface area (Å²) >= 11 is 0. The van der Waals surface area contributed by atoms with E-state index in [0.29, 0.717) is 22.6 Å². The second kappa shape index (κ2) is 7.08. The van der Waals surface area contributed by atoms with Gasteiger partial charge in [0.05, 0.1) is 5.60 Å². The van der Waals surface area contributed by atoms with Crippen molar-refractivity contribution in [1.82, 2.24) is 4.98 Å². The lowest BCUT2D eigenvalue weighted by molar-refractivity contribution is -0.160. The van der Waals surface area contributed by atoms with Crippen molar-refractivity contribution in [1.29, 1.82) is 0 Å². The quantitative estimate of drug-likeness (QED) is 0.842. The first-order chi connectivity index (χ1) is 11.9. The number of pyridine rings is 1. The van der Waals surface area contributed by atoms with E-state index in [1.807, 2.05) is 53.7 Å². The lowest BCUT2D eigenvalue weighted by Gasteiger charge is -2.28. The van der Waals surface area contributed by atoms with Gasteiger partial charge in [-0.3, -0.25) is 0 Å². The molecule has 26 heavy (non-hydrogen) atoms. The molecule has 1 unspecified atom stereocenters. The molecule has 5 nitrogen and oxygen atoms in total. The summed E-state index contributed by atoms with van der Waals surface area (Å²) in [6.07, 6.45) is -1.13. The van der Waals surface area contributed by atoms with Gasteiger partial charge in [-0.05, 0) is 70.7 Å². The van der Waals surface area contributed by atoms with Crippen LogP contribution >= 0.6 is 0 Å². The molecule has 0 radical (unpaired) electrons. The predicted octanol–water partition coefficient (Wildman–Crippen LogP) is 4.51. The molecular weight excluding hydrogens is 328 g/mol. The lowest BCUT2D eigenvalue weighted by Crippen LogP contribution is -2.28. The minimum atomic E-state index is -1.13. The number of carbonyl (C=O) groups is 1. The van der Waals surface area contributed by atoms with Gasteiger partial charge >= 0.3 is 5.97 Å². The monoisotopic (exact) mass is 356 g/mol. The van der Waals surface area contributed by atoms with Crippen molar-refractivity contribution in [2.45, 2.75) is 60.2 Å². The summed E-state index contributed by atoms with van der Waals surface area (Å²) in [7, 11) is 0. The Labute approximate surface area is 155 Å². The molecule has 0 spiro atoms. The van der Waals surface area contributed by atoms with Gasteiger partial charge in [-0.25, -0.2) is 9.78 Å². The first-order valence-electron chi connectivity index (χ1n) is 8.67. The molecule has 0 saturated carbocycles. The zero-order chi connectivity index (χ0) is 19.8. The van der Waals surface area contributed by atoms with Crippen LogP contribution in [0.3, 0.4) is 0 Å². The molecular formula is C21H28N2O3. The zero-order valence-corrected chi connectivity index (χ0v) is 16.6. The Kier molecular flexibility index (Phi) is 5.42. The van der Waals surface area contributed by atoms with Crippen LogP contribution in [-0.4, -0.2) is 21.7 Å². The van der Waals surface area contributed by atoms with Gasteiger partial charge in [0.15, 0.2) is 6.10 Å². The molecule has 5 heteroatoms. The largest absolute Gasteiger partial charge is 0.479 e. The third kappa shape index (κ3) is 4.05. The van der Waals surface area contributed by atoms with Gasteiger partial charge in [-0.15, -0.1) is 0 Å². The van der Waals surface area contributed by atoms with Crippen molar-refractivity contribution in [2.75, 3.05) is 5.73 Å². The number of nitrogens with two attached hydrogens (primary N) is 1. The van der Waals surface area contributed by atoms with Crippen LogP contribution in [0.5, 0.6) is 0 Å². The van der Waals surface area contributed by atoms with E-state index in [0.717, 1.165) is 16.7 Å². The fourth-order valence-electron chi connectivity index (χ4n) is 3.02. The van der Waals surface area contributed by atoms with Gasteiger partial charge in [0.2, 0.25) is 0 Å². The number of aryl methyl sites for hydroxylation is 3. The maximum absolute atomic E-state index is 12.1. The summed E-state index contributed by atoms with van der Waals surface area (Å²) in [6, 6.07) is 6.07. The van der Waals surface area contributed by atoms with E-state index >= 15 is 0 Å². The topological polar surface area (TPSA) is 85.4 Å². The van der Waals surface area contributed by atoms with Crippen molar-refractivity contribution < 1.29 is 14.6 Å². The molecule has 0 aliphatic rings. The summed E-state index contributed by atoms with van der Waals surface area (Å²) in [4.78, 5) is 16.5. The van der Waals surface area contributed by atoms with Gasteiger partial charge < -0.3 is 15.6 Å². The van der Waals surface area contributed by atoms with Crippen LogP contribution in [0.4, 0.5) is 5.82 Å². The summed E-state index contributed by atoms with van der Waals surface area (Å²) in [5.74, 6) is -0.716. The highest BCUT2D eigenvalue weighted by atomic mass is 16.5. The molecule has 1 aromatic heterocycles. The Morgan fingerprint density at radius 2 is 1.77 bits per heavy atom. The third-order valence-corrected chi connectivity index (χ3v) is 4.46. The number of ether oxygens (including phenoxy) is 1. The van der Waals surface area contributed by atoms with Crippen LogP contribution < -0.4 is 5.73 Å². The molecule has 0 fully saturated rings. The van der Waals surface area contributed by atoms with Crippen LogP contribution in [0.2, 0.25) is 0 Å². The average molecular weight is 356 g/mol.